The summed E-state index contributed by atoms with van der Waals surface area (Å²) in [6.07, 6.45) is 1.70. The number of hydrogen-bond acceptors (Lipinski definition) is 3. The van der Waals surface area contributed by atoms with Gasteiger partial charge in [-0.3, -0.25) is 5.10 Å². The summed E-state index contributed by atoms with van der Waals surface area (Å²) in [6.45, 7) is 2.00. The summed E-state index contributed by atoms with van der Waals surface area (Å²) in [6, 6.07) is 7.64. The van der Waals surface area contributed by atoms with E-state index in [0.29, 0.717) is 0 Å². The van der Waals surface area contributed by atoms with Gasteiger partial charge in [0.15, 0.2) is 0 Å². The largest absolute Gasteiger partial charge is 0.496 e. The lowest BCUT2D eigenvalue weighted by atomic mass is 10.0. The van der Waals surface area contributed by atoms with Crippen molar-refractivity contribution in [1.82, 2.24) is 10.2 Å². The van der Waals surface area contributed by atoms with Gasteiger partial charge in [0, 0.05) is 6.20 Å². The Morgan fingerprint density at radius 1 is 1.38 bits per heavy atom. The molecule has 1 unspecified atom stereocenters. The Bertz CT molecular complexity index is 465. The zero-order valence-electron chi connectivity index (χ0n) is 9.40. The van der Waals surface area contributed by atoms with Crippen molar-refractivity contribution in [3.8, 4) is 5.75 Å². The number of aryl methyl sites for hydroxylation is 1. The number of benzene rings is 1. The van der Waals surface area contributed by atoms with E-state index in [2.05, 4.69) is 10.2 Å². The fourth-order valence-electron chi connectivity index (χ4n) is 1.71. The van der Waals surface area contributed by atoms with Gasteiger partial charge in [0.2, 0.25) is 0 Å². The molecule has 3 N–H and O–H groups in total. The van der Waals surface area contributed by atoms with E-state index in [0.717, 1.165) is 22.6 Å². The summed E-state index contributed by atoms with van der Waals surface area (Å²) in [5, 5.41) is 6.77. The second-order valence-corrected chi connectivity index (χ2v) is 3.72. The Kier molecular flexibility index (Phi) is 2.92. The van der Waals surface area contributed by atoms with Crippen molar-refractivity contribution in [1.29, 1.82) is 0 Å². The van der Waals surface area contributed by atoms with Crippen LogP contribution in [0.4, 0.5) is 0 Å². The first-order valence-electron chi connectivity index (χ1n) is 5.11. The molecule has 0 amide bonds. The highest BCUT2D eigenvalue weighted by molar-refractivity contribution is 5.39. The average molecular weight is 217 g/mol. The van der Waals surface area contributed by atoms with Crippen molar-refractivity contribution in [3.63, 3.8) is 0 Å². The van der Waals surface area contributed by atoms with E-state index in [1.165, 1.54) is 0 Å². The van der Waals surface area contributed by atoms with Crippen LogP contribution in [0.1, 0.15) is 22.9 Å². The number of aromatic nitrogens is 2. The molecule has 1 aromatic carbocycles. The van der Waals surface area contributed by atoms with Gasteiger partial charge in [0.05, 0.1) is 18.8 Å². The van der Waals surface area contributed by atoms with Crippen molar-refractivity contribution in [3.05, 3.63) is 47.3 Å². The fraction of sp³-hybridized carbons (Fsp3) is 0.250. The highest BCUT2D eigenvalue weighted by atomic mass is 16.5. The number of nitrogens with one attached hydrogen (secondary N) is 1. The molecule has 0 aliphatic rings. The van der Waals surface area contributed by atoms with Crippen LogP contribution < -0.4 is 10.5 Å². The van der Waals surface area contributed by atoms with E-state index >= 15 is 0 Å². The zero-order chi connectivity index (χ0) is 11.5. The number of nitrogens with zero attached hydrogens (tertiary/aromatic N) is 1. The Balaban J connectivity index is 2.31. The molecule has 1 atom stereocenters. The second-order valence-electron chi connectivity index (χ2n) is 3.72. The van der Waals surface area contributed by atoms with Gasteiger partial charge in [-0.15, -0.1) is 0 Å². The fourth-order valence-corrected chi connectivity index (χ4v) is 1.71. The van der Waals surface area contributed by atoms with Gasteiger partial charge in [-0.2, -0.15) is 5.10 Å². The normalized spacial score (nSPS) is 12.4. The molecule has 0 saturated carbocycles. The predicted molar refractivity (Wildman–Crippen MR) is 62.3 cm³/mol. The van der Waals surface area contributed by atoms with Crippen LogP contribution in [0.15, 0.2) is 30.5 Å². The van der Waals surface area contributed by atoms with Crippen molar-refractivity contribution < 1.29 is 4.74 Å². The molecule has 4 heteroatoms. The van der Waals surface area contributed by atoms with E-state index < -0.39 is 0 Å². The highest BCUT2D eigenvalue weighted by Crippen LogP contribution is 2.24. The third kappa shape index (κ3) is 1.92. The lowest BCUT2D eigenvalue weighted by Crippen LogP contribution is -2.12. The second kappa shape index (κ2) is 4.37. The van der Waals surface area contributed by atoms with Crippen LogP contribution >= 0.6 is 0 Å². The molecular weight excluding hydrogens is 202 g/mol. The van der Waals surface area contributed by atoms with Crippen molar-refractivity contribution in [2.45, 2.75) is 13.0 Å². The summed E-state index contributed by atoms with van der Waals surface area (Å²) in [4.78, 5) is 0. The maximum Gasteiger partial charge on any atom is 0.121 e. The van der Waals surface area contributed by atoms with Crippen LogP contribution in [-0.4, -0.2) is 17.3 Å². The molecule has 16 heavy (non-hydrogen) atoms. The maximum atomic E-state index is 6.11. The van der Waals surface area contributed by atoms with Gasteiger partial charge in [-0.25, -0.2) is 0 Å². The Morgan fingerprint density at radius 3 is 2.75 bits per heavy atom. The van der Waals surface area contributed by atoms with E-state index in [4.69, 9.17) is 10.5 Å². The Hall–Kier alpha value is -1.81. The minimum Gasteiger partial charge on any atom is -0.496 e. The van der Waals surface area contributed by atoms with E-state index in [1.807, 2.05) is 31.2 Å². The van der Waals surface area contributed by atoms with Crippen LogP contribution in [0.2, 0.25) is 0 Å². The van der Waals surface area contributed by atoms with Crippen molar-refractivity contribution in [2.24, 2.45) is 5.73 Å². The molecule has 0 spiro atoms. The maximum absolute atomic E-state index is 6.11. The first kappa shape index (κ1) is 10.7. The molecule has 2 rings (SSSR count). The number of ether oxygens (including phenoxy) is 1. The smallest absolute Gasteiger partial charge is 0.121 e. The van der Waals surface area contributed by atoms with Gasteiger partial charge in [0.25, 0.3) is 0 Å². The van der Waals surface area contributed by atoms with Gasteiger partial charge >= 0.3 is 0 Å². The molecule has 0 aliphatic carbocycles. The van der Waals surface area contributed by atoms with Crippen LogP contribution in [-0.2, 0) is 0 Å². The lowest BCUT2D eigenvalue weighted by molar-refractivity contribution is 0.411. The molecule has 0 bridgehead atoms. The molecule has 4 nitrogen and oxygen atoms in total. The van der Waals surface area contributed by atoms with Gasteiger partial charge in [0.1, 0.15) is 5.75 Å². The molecule has 1 aromatic heterocycles. The zero-order valence-corrected chi connectivity index (χ0v) is 9.40. The number of methoxy groups -OCH3 is 1. The summed E-state index contributed by atoms with van der Waals surface area (Å²) < 4.78 is 5.21. The highest BCUT2D eigenvalue weighted by Gasteiger charge is 2.11. The van der Waals surface area contributed by atoms with Crippen LogP contribution in [0.3, 0.4) is 0 Å². The Labute approximate surface area is 94.4 Å². The topological polar surface area (TPSA) is 63.9 Å². The lowest BCUT2D eigenvalue weighted by Gasteiger charge is -2.12. The summed E-state index contributed by atoms with van der Waals surface area (Å²) in [7, 11) is 1.66. The SMILES string of the molecule is COc1ccc(C(N)c2ccn[nH]2)cc1C. The molecule has 0 fully saturated rings. The summed E-state index contributed by atoms with van der Waals surface area (Å²) in [5.41, 5.74) is 9.14. The summed E-state index contributed by atoms with van der Waals surface area (Å²) >= 11 is 0. The van der Waals surface area contributed by atoms with Crippen molar-refractivity contribution in [2.75, 3.05) is 7.11 Å². The third-order valence-electron chi connectivity index (χ3n) is 2.64. The van der Waals surface area contributed by atoms with Gasteiger partial charge in [-0.05, 0) is 30.2 Å². The van der Waals surface area contributed by atoms with E-state index in [9.17, 15) is 0 Å². The number of aromatic amines is 1. The standard InChI is InChI=1S/C12H15N3O/c1-8-7-9(3-4-11(8)16-2)12(13)10-5-6-14-15-10/h3-7,12H,13H2,1-2H3,(H,14,15). The van der Waals surface area contributed by atoms with E-state index in [1.54, 1.807) is 13.3 Å². The number of nitrogens with two attached hydrogens (primary N) is 1. The molecule has 84 valence electrons. The van der Waals surface area contributed by atoms with Crippen LogP contribution in [0.5, 0.6) is 5.75 Å². The summed E-state index contributed by atoms with van der Waals surface area (Å²) in [5.74, 6) is 0.876. The minimum absolute atomic E-state index is 0.174. The van der Waals surface area contributed by atoms with Crippen LogP contribution in [0, 0.1) is 6.92 Å². The molecule has 0 aliphatic heterocycles. The third-order valence-corrected chi connectivity index (χ3v) is 2.64. The molecular formula is C12H15N3O. The van der Waals surface area contributed by atoms with Gasteiger partial charge < -0.3 is 10.5 Å². The van der Waals surface area contributed by atoms with Crippen molar-refractivity contribution >= 4 is 0 Å². The number of H-pyrrole nitrogens is 1. The molecule has 1 heterocycles. The molecule has 0 saturated heterocycles. The quantitative estimate of drug-likeness (QED) is 0.823. The Morgan fingerprint density at radius 2 is 2.19 bits per heavy atom. The molecule has 2 aromatic rings. The monoisotopic (exact) mass is 217 g/mol. The predicted octanol–water partition coefficient (Wildman–Crippen LogP) is 1.77. The number of rotatable bonds is 3. The first-order chi connectivity index (χ1) is 7.72. The molecule has 0 radical (unpaired) electrons. The van der Waals surface area contributed by atoms with E-state index in [-0.39, 0.29) is 6.04 Å². The van der Waals surface area contributed by atoms with Crippen LogP contribution in [0.25, 0.3) is 0 Å². The minimum atomic E-state index is -0.174. The average Bonchev–Trinajstić information content (AvgIpc) is 2.81. The first-order valence-corrected chi connectivity index (χ1v) is 5.11. The number of hydrogen-bond donors (Lipinski definition) is 2. The van der Waals surface area contributed by atoms with Gasteiger partial charge in [-0.1, -0.05) is 12.1 Å².